The van der Waals surface area contributed by atoms with Crippen molar-refractivity contribution >= 4 is 16.9 Å². The second kappa shape index (κ2) is 7.55. The van der Waals surface area contributed by atoms with Gasteiger partial charge in [-0.1, -0.05) is 12.1 Å². The van der Waals surface area contributed by atoms with Gasteiger partial charge in [-0.25, -0.2) is 0 Å². The van der Waals surface area contributed by atoms with E-state index in [1.807, 2.05) is 23.1 Å². The number of carbonyl (C=O) groups is 1. The third-order valence-corrected chi connectivity index (χ3v) is 4.77. The normalized spacial score (nSPS) is 17.3. The molecule has 2 aromatic rings. The molecule has 1 aromatic heterocycles. The predicted molar refractivity (Wildman–Crippen MR) is 93.5 cm³/mol. The summed E-state index contributed by atoms with van der Waals surface area (Å²) >= 11 is 0. The minimum absolute atomic E-state index is 0.505. The van der Waals surface area contributed by atoms with Crippen molar-refractivity contribution in [3.63, 3.8) is 0 Å². The van der Waals surface area contributed by atoms with E-state index in [2.05, 4.69) is 16.0 Å². The van der Waals surface area contributed by atoms with Crippen molar-refractivity contribution in [1.29, 1.82) is 5.26 Å². The van der Waals surface area contributed by atoms with E-state index in [0.29, 0.717) is 25.3 Å². The Labute approximate surface area is 146 Å². The van der Waals surface area contributed by atoms with Gasteiger partial charge in [0.1, 0.15) is 11.8 Å². The van der Waals surface area contributed by atoms with Gasteiger partial charge < -0.3 is 14.8 Å². The molecule has 0 spiro atoms. The van der Waals surface area contributed by atoms with Crippen LogP contribution in [0.3, 0.4) is 0 Å². The molecular weight excluding hydrogens is 320 g/mol. The molecule has 25 heavy (non-hydrogen) atoms. The van der Waals surface area contributed by atoms with Crippen LogP contribution in [0.25, 0.3) is 10.9 Å². The highest BCUT2D eigenvalue weighted by Gasteiger charge is 2.32. The predicted octanol–water partition coefficient (Wildman–Crippen LogP) is 1.83. The lowest BCUT2D eigenvalue weighted by atomic mass is 10.0. The van der Waals surface area contributed by atoms with Crippen LogP contribution in [0, 0.1) is 11.3 Å². The topological polar surface area (TPSA) is 92.6 Å². The van der Waals surface area contributed by atoms with Gasteiger partial charge in [-0.15, -0.1) is 0 Å². The highest BCUT2D eigenvalue weighted by atomic mass is 16.5. The Kier molecular flexibility index (Phi) is 5.22. The summed E-state index contributed by atoms with van der Waals surface area (Å²) < 4.78 is 5.35. The summed E-state index contributed by atoms with van der Waals surface area (Å²) in [6, 6.07) is 7.10. The zero-order valence-corrected chi connectivity index (χ0v) is 14.2. The number of hydrogen-bond acceptors (Lipinski definition) is 5. The second-order valence-electron chi connectivity index (χ2n) is 6.15. The SMILES string of the molecule is COc1cccc2c([C@@H](C(=O)O)N3CCN(CCC#N)CC3)c[nH]c12. The average molecular weight is 342 g/mol. The Morgan fingerprint density at radius 1 is 1.40 bits per heavy atom. The van der Waals surface area contributed by atoms with Crippen molar-refractivity contribution in [1.82, 2.24) is 14.8 Å². The van der Waals surface area contributed by atoms with Gasteiger partial charge in [-0.3, -0.25) is 14.6 Å². The fourth-order valence-electron chi connectivity index (χ4n) is 3.48. The highest BCUT2D eigenvalue weighted by Crippen LogP contribution is 2.33. The largest absolute Gasteiger partial charge is 0.495 e. The third-order valence-electron chi connectivity index (χ3n) is 4.77. The van der Waals surface area contributed by atoms with Crippen molar-refractivity contribution in [3.8, 4) is 11.8 Å². The molecule has 7 nitrogen and oxygen atoms in total. The standard InChI is InChI=1S/C18H22N4O3/c1-25-15-5-2-4-13-14(12-20-16(13)15)17(18(23)24)22-10-8-21(9-11-22)7-3-6-19/h2,4-5,12,17,20H,3,7-11H2,1H3,(H,23,24)/t17-/m0/s1. The number of rotatable bonds is 6. The van der Waals surface area contributed by atoms with Gasteiger partial charge in [0.25, 0.3) is 0 Å². The van der Waals surface area contributed by atoms with E-state index in [9.17, 15) is 9.90 Å². The first-order valence-corrected chi connectivity index (χ1v) is 8.36. The average Bonchev–Trinajstić information content (AvgIpc) is 3.05. The number of piperazine rings is 1. The van der Waals surface area contributed by atoms with Gasteiger partial charge in [0, 0.05) is 56.3 Å². The maximum atomic E-state index is 12.0. The number of aliphatic carboxylic acids is 1. The molecule has 0 saturated carbocycles. The third kappa shape index (κ3) is 3.45. The maximum absolute atomic E-state index is 12.0. The van der Waals surface area contributed by atoms with Crippen LogP contribution in [0.1, 0.15) is 18.0 Å². The zero-order valence-electron chi connectivity index (χ0n) is 14.2. The smallest absolute Gasteiger partial charge is 0.325 e. The Hall–Kier alpha value is -2.56. The van der Waals surface area contributed by atoms with Crippen LogP contribution in [0.15, 0.2) is 24.4 Å². The number of nitrogens with zero attached hydrogens (tertiary/aromatic N) is 3. The second-order valence-corrected chi connectivity index (χ2v) is 6.15. The van der Waals surface area contributed by atoms with Crippen molar-refractivity contribution in [2.75, 3.05) is 39.8 Å². The van der Waals surface area contributed by atoms with Crippen LogP contribution in [-0.2, 0) is 4.79 Å². The number of carboxylic acids is 1. The number of nitrogens with one attached hydrogen (secondary N) is 1. The van der Waals surface area contributed by atoms with Crippen molar-refractivity contribution in [2.45, 2.75) is 12.5 Å². The first-order valence-electron chi connectivity index (χ1n) is 8.36. The van der Waals surface area contributed by atoms with Gasteiger partial charge >= 0.3 is 5.97 Å². The Bertz CT molecular complexity index is 787. The van der Waals surface area contributed by atoms with Gasteiger partial charge in [0.2, 0.25) is 0 Å². The number of ether oxygens (including phenoxy) is 1. The Morgan fingerprint density at radius 2 is 2.16 bits per heavy atom. The molecule has 1 aliphatic heterocycles. The molecule has 132 valence electrons. The summed E-state index contributed by atoms with van der Waals surface area (Å²) in [5.41, 5.74) is 1.57. The lowest BCUT2D eigenvalue weighted by Gasteiger charge is -2.37. The number of para-hydroxylation sites is 1. The first kappa shape index (κ1) is 17.3. The fourth-order valence-corrected chi connectivity index (χ4v) is 3.48. The minimum atomic E-state index is -0.853. The van der Waals surface area contributed by atoms with E-state index in [-0.39, 0.29) is 0 Å². The number of nitriles is 1. The molecule has 0 unspecified atom stereocenters. The summed E-state index contributed by atoms with van der Waals surface area (Å²) in [5.74, 6) is -0.150. The van der Waals surface area contributed by atoms with Gasteiger partial charge in [-0.05, 0) is 6.07 Å². The van der Waals surface area contributed by atoms with E-state index in [1.165, 1.54) is 0 Å². The molecule has 1 aromatic carbocycles. The summed E-state index contributed by atoms with van der Waals surface area (Å²) in [5, 5.41) is 19.4. The number of benzene rings is 1. The molecule has 1 aliphatic rings. The highest BCUT2D eigenvalue weighted by molar-refractivity contribution is 5.92. The molecule has 1 saturated heterocycles. The Balaban J connectivity index is 1.84. The lowest BCUT2D eigenvalue weighted by Crippen LogP contribution is -2.49. The van der Waals surface area contributed by atoms with E-state index in [0.717, 1.165) is 36.1 Å². The molecule has 2 heterocycles. The van der Waals surface area contributed by atoms with Crippen LogP contribution in [0.4, 0.5) is 0 Å². The molecule has 0 bridgehead atoms. The molecule has 0 radical (unpaired) electrons. The number of methoxy groups -OCH3 is 1. The molecule has 3 rings (SSSR count). The van der Waals surface area contributed by atoms with Crippen molar-refractivity contribution in [2.24, 2.45) is 0 Å². The van der Waals surface area contributed by atoms with Gasteiger partial charge in [-0.2, -0.15) is 5.26 Å². The number of hydrogen-bond donors (Lipinski definition) is 2. The monoisotopic (exact) mass is 342 g/mol. The van der Waals surface area contributed by atoms with E-state index in [1.54, 1.807) is 13.3 Å². The summed E-state index contributed by atoms with van der Waals surface area (Å²) in [6.45, 7) is 3.62. The van der Waals surface area contributed by atoms with Crippen LogP contribution in [0.5, 0.6) is 5.75 Å². The fraction of sp³-hybridized carbons (Fsp3) is 0.444. The number of H-pyrrole nitrogens is 1. The zero-order chi connectivity index (χ0) is 17.8. The van der Waals surface area contributed by atoms with Crippen molar-refractivity contribution in [3.05, 3.63) is 30.0 Å². The molecule has 7 heteroatoms. The van der Waals surface area contributed by atoms with Crippen LogP contribution in [-0.4, -0.2) is 65.7 Å². The molecule has 2 N–H and O–H groups in total. The number of fused-ring (bicyclic) bond motifs is 1. The van der Waals surface area contributed by atoms with Gasteiger partial charge in [0.15, 0.2) is 0 Å². The van der Waals surface area contributed by atoms with E-state index < -0.39 is 12.0 Å². The first-order chi connectivity index (χ1) is 12.2. The van der Waals surface area contributed by atoms with E-state index in [4.69, 9.17) is 10.00 Å². The van der Waals surface area contributed by atoms with Crippen LogP contribution in [0.2, 0.25) is 0 Å². The molecule has 1 atom stereocenters. The maximum Gasteiger partial charge on any atom is 0.325 e. The molecule has 1 fully saturated rings. The number of aromatic amines is 1. The minimum Gasteiger partial charge on any atom is -0.495 e. The van der Waals surface area contributed by atoms with Crippen molar-refractivity contribution < 1.29 is 14.6 Å². The number of aromatic nitrogens is 1. The molecular formula is C18H22N4O3. The van der Waals surface area contributed by atoms with Crippen LogP contribution < -0.4 is 4.74 Å². The van der Waals surface area contributed by atoms with Crippen LogP contribution >= 0.6 is 0 Å². The van der Waals surface area contributed by atoms with E-state index >= 15 is 0 Å². The van der Waals surface area contributed by atoms with Gasteiger partial charge in [0.05, 0.1) is 18.7 Å². The Morgan fingerprint density at radius 3 is 2.80 bits per heavy atom. The summed E-state index contributed by atoms with van der Waals surface area (Å²) in [7, 11) is 1.60. The lowest BCUT2D eigenvalue weighted by molar-refractivity contribution is -0.144. The molecule has 0 aliphatic carbocycles. The quantitative estimate of drug-likeness (QED) is 0.832. The summed E-state index contributed by atoms with van der Waals surface area (Å²) in [6.07, 6.45) is 2.28. The summed E-state index contributed by atoms with van der Waals surface area (Å²) in [4.78, 5) is 19.4. The molecule has 0 amide bonds. The number of carboxylic acid groups (broad SMARTS) is 1.